The number of hydrogen-bond donors (Lipinski definition) is 0. The third kappa shape index (κ3) is 3.72. The van der Waals surface area contributed by atoms with Crippen LogP contribution in [0.25, 0.3) is 0 Å². The van der Waals surface area contributed by atoms with Gasteiger partial charge in [0, 0.05) is 12.6 Å². The van der Waals surface area contributed by atoms with E-state index >= 15 is 0 Å². The fraction of sp³-hybridized carbons (Fsp3) is 0.533. The average molecular weight is 326 g/mol. The second-order valence-electron chi connectivity index (χ2n) is 5.48. The van der Waals surface area contributed by atoms with Crippen LogP contribution in [0, 0.1) is 0 Å². The van der Waals surface area contributed by atoms with Gasteiger partial charge in [0.1, 0.15) is 5.75 Å². The number of carbonyl (C=O) groups is 1. The molecule has 19 heavy (non-hydrogen) atoms. The molecule has 0 saturated heterocycles. The van der Waals surface area contributed by atoms with Gasteiger partial charge in [-0.05, 0) is 44.4 Å². The minimum Gasteiger partial charge on any atom is -0.497 e. The number of amides is 1. The monoisotopic (exact) mass is 325 g/mol. The van der Waals surface area contributed by atoms with Crippen molar-refractivity contribution in [1.82, 2.24) is 4.90 Å². The van der Waals surface area contributed by atoms with Crippen LogP contribution in [0.4, 0.5) is 0 Å². The fourth-order valence-electron chi connectivity index (χ4n) is 2.02. The van der Waals surface area contributed by atoms with Crippen LogP contribution in [0.5, 0.6) is 5.75 Å². The number of ether oxygens (including phenoxy) is 1. The van der Waals surface area contributed by atoms with E-state index in [2.05, 4.69) is 15.9 Å². The van der Waals surface area contributed by atoms with Crippen LogP contribution in [0.1, 0.15) is 32.3 Å². The van der Waals surface area contributed by atoms with Crippen LogP contribution in [-0.4, -0.2) is 28.3 Å². The van der Waals surface area contributed by atoms with Gasteiger partial charge in [-0.1, -0.05) is 28.1 Å². The molecule has 0 N–H and O–H groups in total. The summed E-state index contributed by atoms with van der Waals surface area (Å²) in [4.78, 5) is 14.4. The zero-order valence-corrected chi connectivity index (χ0v) is 13.2. The van der Waals surface area contributed by atoms with Crippen molar-refractivity contribution in [2.45, 2.75) is 43.6 Å². The summed E-state index contributed by atoms with van der Waals surface area (Å²) in [6, 6.07) is 8.31. The van der Waals surface area contributed by atoms with Crippen molar-refractivity contribution >= 4 is 21.8 Å². The van der Waals surface area contributed by atoms with E-state index in [1.807, 2.05) is 43.0 Å². The Morgan fingerprint density at radius 2 is 1.95 bits per heavy atom. The molecule has 1 amide bonds. The number of hydrogen-bond acceptors (Lipinski definition) is 2. The van der Waals surface area contributed by atoms with Gasteiger partial charge in [-0.15, -0.1) is 0 Å². The summed E-state index contributed by atoms with van der Waals surface area (Å²) in [7, 11) is 1.66. The van der Waals surface area contributed by atoms with Gasteiger partial charge in [-0.3, -0.25) is 4.79 Å². The molecule has 1 aliphatic rings. The lowest BCUT2D eigenvalue weighted by Crippen LogP contribution is -2.42. The number of carbonyl (C=O) groups excluding carboxylic acids is 1. The minimum absolute atomic E-state index is 0.158. The molecule has 1 fully saturated rings. The van der Waals surface area contributed by atoms with Gasteiger partial charge in [0.15, 0.2) is 0 Å². The van der Waals surface area contributed by atoms with Crippen molar-refractivity contribution < 1.29 is 9.53 Å². The summed E-state index contributed by atoms with van der Waals surface area (Å²) in [5.74, 6) is 1.000. The molecule has 3 nitrogen and oxygen atoms in total. The Labute approximate surface area is 123 Å². The molecule has 1 saturated carbocycles. The van der Waals surface area contributed by atoms with Crippen LogP contribution < -0.4 is 4.74 Å². The molecule has 104 valence electrons. The molecule has 2 rings (SSSR count). The maximum absolute atomic E-state index is 12.4. The summed E-state index contributed by atoms with van der Waals surface area (Å²) in [6.45, 7) is 4.47. The molecule has 1 aromatic carbocycles. The van der Waals surface area contributed by atoms with Crippen LogP contribution in [-0.2, 0) is 11.3 Å². The second-order valence-corrected chi connectivity index (χ2v) is 7.47. The predicted octanol–water partition coefficient (Wildman–Crippen LogP) is 3.36. The van der Waals surface area contributed by atoms with E-state index in [1.54, 1.807) is 7.11 Å². The number of nitrogens with zero attached hydrogens (tertiary/aromatic N) is 1. The molecule has 0 heterocycles. The van der Waals surface area contributed by atoms with Crippen molar-refractivity contribution in [3.8, 4) is 5.75 Å². The van der Waals surface area contributed by atoms with Gasteiger partial charge in [0.05, 0.1) is 11.4 Å². The highest BCUT2D eigenvalue weighted by molar-refractivity contribution is 9.10. The third-order valence-electron chi connectivity index (χ3n) is 3.27. The topological polar surface area (TPSA) is 29.5 Å². The molecule has 1 aliphatic carbocycles. The summed E-state index contributed by atoms with van der Waals surface area (Å²) in [6.07, 6.45) is 2.23. The molecular formula is C15H20BrNO2. The van der Waals surface area contributed by atoms with E-state index in [4.69, 9.17) is 4.74 Å². The van der Waals surface area contributed by atoms with Crippen molar-refractivity contribution in [3.05, 3.63) is 29.8 Å². The standard InChI is InChI=1S/C15H20BrNO2/c1-15(2,16)14(18)17(12-6-7-12)10-11-4-8-13(19-3)9-5-11/h4-5,8-9,12H,6-7,10H2,1-3H3. The van der Waals surface area contributed by atoms with Gasteiger partial charge in [0.25, 0.3) is 0 Å². The first-order valence-electron chi connectivity index (χ1n) is 6.54. The normalized spacial score (nSPS) is 15.2. The van der Waals surface area contributed by atoms with E-state index in [1.165, 1.54) is 0 Å². The Balaban J connectivity index is 2.10. The van der Waals surface area contributed by atoms with E-state index in [0.29, 0.717) is 12.6 Å². The molecular weight excluding hydrogens is 306 g/mol. The lowest BCUT2D eigenvalue weighted by atomic mass is 10.1. The van der Waals surface area contributed by atoms with Crippen LogP contribution in [0.3, 0.4) is 0 Å². The minimum atomic E-state index is -0.498. The lowest BCUT2D eigenvalue weighted by molar-refractivity contribution is -0.134. The highest BCUT2D eigenvalue weighted by Crippen LogP contribution is 2.32. The fourth-order valence-corrected chi connectivity index (χ4v) is 2.25. The van der Waals surface area contributed by atoms with E-state index < -0.39 is 4.32 Å². The number of rotatable bonds is 5. The quantitative estimate of drug-likeness (QED) is 0.777. The highest BCUT2D eigenvalue weighted by atomic mass is 79.9. The Kier molecular flexibility index (Phi) is 4.19. The summed E-state index contributed by atoms with van der Waals surface area (Å²) in [5.41, 5.74) is 1.14. The molecule has 0 radical (unpaired) electrons. The molecule has 0 spiro atoms. The summed E-state index contributed by atoms with van der Waals surface area (Å²) >= 11 is 3.47. The Bertz CT molecular complexity index is 446. The molecule has 0 bridgehead atoms. The molecule has 0 aromatic heterocycles. The number of benzene rings is 1. The first-order valence-corrected chi connectivity index (χ1v) is 7.34. The van der Waals surface area contributed by atoms with E-state index in [9.17, 15) is 4.79 Å². The Hall–Kier alpha value is -1.03. The predicted molar refractivity (Wildman–Crippen MR) is 79.6 cm³/mol. The van der Waals surface area contributed by atoms with Crippen molar-refractivity contribution in [1.29, 1.82) is 0 Å². The Morgan fingerprint density at radius 1 is 1.37 bits per heavy atom. The molecule has 4 heteroatoms. The van der Waals surface area contributed by atoms with Crippen molar-refractivity contribution in [3.63, 3.8) is 0 Å². The Morgan fingerprint density at radius 3 is 2.37 bits per heavy atom. The summed E-state index contributed by atoms with van der Waals surface area (Å²) < 4.78 is 4.65. The van der Waals surface area contributed by atoms with Crippen molar-refractivity contribution in [2.24, 2.45) is 0 Å². The lowest BCUT2D eigenvalue weighted by Gasteiger charge is -2.28. The average Bonchev–Trinajstić information content (AvgIpc) is 3.19. The zero-order valence-electron chi connectivity index (χ0n) is 11.6. The number of methoxy groups -OCH3 is 1. The van der Waals surface area contributed by atoms with E-state index in [-0.39, 0.29) is 5.91 Å². The number of halogens is 1. The second kappa shape index (κ2) is 5.53. The van der Waals surface area contributed by atoms with Crippen LogP contribution in [0.2, 0.25) is 0 Å². The third-order valence-corrected chi connectivity index (χ3v) is 3.61. The molecule has 0 aliphatic heterocycles. The van der Waals surface area contributed by atoms with E-state index in [0.717, 1.165) is 24.2 Å². The highest BCUT2D eigenvalue weighted by Gasteiger charge is 2.38. The van der Waals surface area contributed by atoms with Gasteiger partial charge in [-0.25, -0.2) is 0 Å². The van der Waals surface area contributed by atoms with Gasteiger partial charge in [0.2, 0.25) is 5.91 Å². The maximum Gasteiger partial charge on any atom is 0.239 e. The van der Waals surface area contributed by atoms with Gasteiger partial charge < -0.3 is 9.64 Å². The van der Waals surface area contributed by atoms with Gasteiger partial charge in [-0.2, -0.15) is 0 Å². The first-order chi connectivity index (χ1) is 8.91. The van der Waals surface area contributed by atoms with Crippen LogP contribution >= 0.6 is 15.9 Å². The first kappa shape index (κ1) is 14.4. The largest absolute Gasteiger partial charge is 0.497 e. The number of alkyl halides is 1. The molecule has 1 aromatic rings. The summed E-state index contributed by atoms with van der Waals surface area (Å²) in [5, 5.41) is 0. The van der Waals surface area contributed by atoms with Crippen molar-refractivity contribution in [2.75, 3.05) is 7.11 Å². The zero-order chi connectivity index (χ0) is 14.0. The molecule has 0 atom stereocenters. The smallest absolute Gasteiger partial charge is 0.239 e. The van der Waals surface area contributed by atoms with Gasteiger partial charge >= 0.3 is 0 Å². The van der Waals surface area contributed by atoms with Crippen LogP contribution in [0.15, 0.2) is 24.3 Å². The maximum atomic E-state index is 12.4. The molecule has 0 unspecified atom stereocenters. The SMILES string of the molecule is COc1ccc(CN(C(=O)C(C)(C)Br)C2CC2)cc1.